The Morgan fingerprint density at radius 3 is 0.853 bits per heavy atom. The van der Waals surface area contributed by atoms with Gasteiger partial charge in [-0.3, -0.25) is 9.13 Å². The summed E-state index contributed by atoms with van der Waals surface area (Å²) in [5.41, 5.74) is 22.8. The molecule has 9 nitrogen and oxygen atoms in total. The van der Waals surface area contributed by atoms with Crippen LogP contribution in [0.4, 0.5) is 0 Å². The second kappa shape index (κ2) is 21.8. The monoisotopic (exact) mass is 1300 g/mol. The van der Waals surface area contributed by atoms with E-state index in [-0.39, 0.29) is 0 Å². The second-order valence-electron chi connectivity index (χ2n) is 26.7. The molecule has 9 heteroatoms. The summed E-state index contributed by atoms with van der Waals surface area (Å²) in [5, 5.41) is 13.9. The Bertz CT molecular complexity index is 7190. The molecule has 0 aliphatic carbocycles. The zero-order valence-corrected chi connectivity index (χ0v) is 54.9. The van der Waals surface area contributed by atoms with Gasteiger partial charge in [0.2, 0.25) is 11.9 Å². The van der Waals surface area contributed by atoms with Gasteiger partial charge in [-0.25, -0.2) is 0 Å². The van der Waals surface area contributed by atoms with Gasteiger partial charge >= 0.3 is 0 Å². The van der Waals surface area contributed by atoms with Crippen molar-refractivity contribution in [1.29, 1.82) is 0 Å². The van der Waals surface area contributed by atoms with Crippen LogP contribution in [0, 0.1) is 0 Å². The first kappa shape index (κ1) is 56.2. The number of nitrogens with zero attached hydrogens (tertiary/aromatic N) is 9. The van der Waals surface area contributed by atoms with E-state index in [2.05, 4.69) is 367 Å². The average molecular weight is 1300 g/mol. The quantitative estimate of drug-likeness (QED) is 0.145. The van der Waals surface area contributed by atoms with Gasteiger partial charge in [-0.1, -0.05) is 237 Å². The molecule has 0 fully saturated rings. The van der Waals surface area contributed by atoms with E-state index < -0.39 is 0 Å². The summed E-state index contributed by atoms with van der Waals surface area (Å²) < 4.78 is 14.3. The van der Waals surface area contributed by atoms with E-state index in [1.165, 1.54) is 38.0 Å². The third-order valence-corrected chi connectivity index (χ3v) is 21.2. The van der Waals surface area contributed by atoms with Crippen molar-refractivity contribution >= 4 is 131 Å². The van der Waals surface area contributed by atoms with Crippen LogP contribution < -0.4 is 0 Å². The number of rotatable bonds is 9. The maximum Gasteiger partial charge on any atom is 0.240 e. The van der Waals surface area contributed by atoms with E-state index in [0.717, 1.165) is 143 Å². The summed E-state index contributed by atoms with van der Waals surface area (Å²) in [6, 6.07) is 125. The zero-order valence-electron chi connectivity index (χ0n) is 54.9. The highest BCUT2D eigenvalue weighted by molar-refractivity contribution is 6.26. The van der Waals surface area contributed by atoms with Gasteiger partial charge in [0.1, 0.15) is 0 Å². The Labute approximate surface area is 583 Å². The molecule has 7 heterocycles. The van der Waals surface area contributed by atoms with E-state index in [9.17, 15) is 0 Å². The summed E-state index contributed by atoms with van der Waals surface area (Å²) in [4.78, 5) is 17.0. The first-order valence-corrected chi connectivity index (χ1v) is 34.8. The molecule has 0 N–H and O–H groups in total. The third-order valence-electron chi connectivity index (χ3n) is 21.2. The molecule has 0 spiro atoms. The van der Waals surface area contributed by atoms with Gasteiger partial charge in [0.05, 0.1) is 66.2 Å². The minimum atomic E-state index is 0.508. The van der Waals surface area contributed by atoms with Crippen LogP contribution in [0.5, 0.6) is 0 Å². The van der Waals surface area contributed by atoms with Crippen LogP contribution in [0.3, 0.4) is 0 Å². The van der Waals surface area contributed by atoms with Crippen LogP contribution in [0.25, 0.3) is 199 Å². The highest BCUT2D eigenvalue weighted by atomic mass is 15.3. The number of para-hydroxylation sites is 8. The summed E-state index contributed by atoms with van der Waals surface area (Å²) in [5.74, 6) is 1.59. The second-order valence-corrected chi connectivity index (χ2v) is 26.7. The maximum atomic E-state index is 5.82. The van der Waals surface area contributed by atoms with E-state index in [0.29, 0.717) is 17.7 Å². The number of benzene rings is 15. The van der Waals surface area contributed by atoms with Crippen molar-refractivity contribution in [3.8, 4) is 68.3 Å². The minimum absolute atomic E-state index is 0.508. The first-order valence-electron chi connectivity index (χ1n) is 34.8. The number of aromatic nitrogens is 9. The Balaban J connectivity index is 0.738. The van der Waals surface area contributed by atoms with Crippen LogP contribution in [0.1, 0.15) is 0 Å². The predicted octanol–water partition coefficient (Wildman–Crippen LogP) is 23.5. The average Bonchev–Trinajstić information content (AvgIpc) is 1.54. The van der Waals surface area contributed by atoms with Crippen LogP contribution in [-0.2, 0) is 0 Å². The van der Waals surface area contributed by atoms with Gasteiger partial charge < -0.3 is 18.3 Å². The highest BCUT2D eigenvalue weighted by Crippen LogP contribution is 2.46. The molecule has 474 valence electrons. The Morgan fingerprint density at radius 1 is 0.157 bits per heavy atom. The molecular formula is C93H57N9. The summed E-state index contributed by atoms with van der Waals surface area (Å²) in [6.07, 6.45) is 0. The molecule has 0 bridgehead atoms. The number of hydrogen-bond acceptors (Lipinski definition) is 3. The lowest BCUT2D eigenvalue weighted by Gasteiger charge is -2.15. The predicted molar refractivity (Wildman–Crippen MR) is 422 cm³/mol. The molecule has 0 saturated carbocycles. The van der Waals surface area contributed by atoms with Crippen molar-refractivity contribution in [2.75, 3.05) is 0 Å². The van der Waals surface area contributed by atoms with E-state index >= 15 is 0 Å². The van der Waals surface area contributed by atoms with Gasteiger partial charge in [-0.05, 0) is 131 Å². The van der Waals surface area contributed by atoms with Gasteiger partial charge in [0.25, 0.3) is 0 Å². The SMILES string of the molecule is c1ccc(-c2nc(-n3c4ccccc4c4ccc5c6ccccc6n(-c6ccccc6)c5c43)nc(-n3c4ccccc4c4ccc5c6cc(-c7ccc8c(c7)c7ccccc7n8-c7cccc(-c8cccc(-n9c%10ccccc%10c%10ccccc%109)c8)c7)ccc6n(-c6ccccc6)c5c43)n2)cc1. The Hall–Kier alpha value is -13.9. The molecule has 22 rings (SSSR count). The summed E-state index contributed by atoms with van der Waals surface area (Å²) in [6.45, 7) is 0. The first-order chi connectivity index (χ1) is 50.6. The Morgan fingerprint density at radius 2 is 0.431 bits per heavy atom. The molecule has 0 aliphatic heterocycles. The molecule has 0 saturated heterocycles. The third kappa shape index (κ3) is 8.18. The largest absolute Gasteiger partial charge is 0.309 e. The fourth-order valence-electron chi connectivity index (χ4n) is 16.9. The molecule has 22 aromatic rings. The van der Waals surface area contributed by atoms with Crippen molar-refractivity contribution in [3.05, 3.63) is 346 Å². The summed E-state index contributed by atoms with van der Waals surface area (Å²) in [7, 11) is 0. The zero-order chi connectivity index (χ0) is 66.7. The fourth-order valence-corrected chi connectivity index (χ4v) is 16.9. The number of fused-ring (bicyclic) bond motifs is 20. The molecule has 15 aromatic carbocycles. The van der Waals surface area contributed by atoms with Crippen molar-refractivity contribution in [2.24, 2.45) is 0 Å². The standard InChI is InChI=1S/C93H57N9/c1-4-24-58(25-5-1)91-94-92(101-83-44-20-13-37-70(83)74-49-48-73-69-36-12-19-43-82(69)99(87(73)89(74)101)63-28-6-2-7-29-63)96-93(95-91)102-84-45-21-14-38-71(84)75-50-51-76-78-57-62(47-53-86(78)100(88(76)90(75)102)64-30-8-3-9-31-64)61-46-52-85-77(56-61)72-39-15-18-42-81(72)98(85)66-33-23-27-60(55-66)59-26-22-32-65(54-59)97-79-40-16-10-34-67(79)68-35-11-17-41-80(68)97/h1-57H. The van der Waals surface area contributed by atoms with Crippen molar-refractivity contribution < 1.29 is 0 Å². The molecule has 0 amide bonds. The lowest BCUT2D eigenvalue weighted by molar-refractivity contribution is 0.893. The van der Waals surface area contributed by atoms with Crippen LogP contribution in [0.2, 0.25) is 0 Å². The van der Waals surface area contributed by atoms with E-state index in [4.69, 9.17) is 15.0 Å². The highest BCUT2D eigenvalue weighted by Gasteiger charge is 2.28. The van der Waals surface area contributed by atoms with Crippen molar-refractivity contribution in [2.45, 2.75) is 0 Å². The van der Waals surface area contributed by atoms with Gasteiger partial charge in [-0.2, -0.15) is 15.0 Å². The lowest BCUT2D eigenvalue weighted by Crippen LogP contribution is -2.11. The van der Waals surface area contributed by atoms with Crippen LogP contribution in [0.15, 0.2) is 346 Å². The van der Waals surface area contributed by atoms with Crippen LogP contribution >= 0.6 is 0 Å². The molecular weight excluding hydrogens is 1240 g/mol. The van der Waals surface area contributed by atoms with E-state index in [1.807, 2.05) is 6.07 Å². The molecule has 0 radical (unpaired) electrons. The van der Waals surface area contributed by atoms with Crippen molar-refractivity contribution in [1.82, 2.24) is 42.4 Å². The van der Waals surface area contributed by atoms with Gasteiger partial charge in [-0.15, -0.1) is 0 Å². The fraction of sp³-hybridized carbons (Fsp3) is 0. The number of hydrogen-bond donors (Lipinski definition) is 0. The molecule has 0 unspecified atom stereocenters. The topological polar surface area (TPSA) is 68.2 Å². The molecule has 0 atom stereocenters. The molecule has 0 aliphatic rings. The van der Waals surface area contributed by atoms with Gasteiger partial charge in [0.15, 0.2) is 5.82 Å². The molecule has 102 heavy (non-hydrogen) atoms. The maximum absolute atomic E-state index is 5.82. The lowest BCUT2D eigenvalue weighted by atomic mass is 10.00. The van der Waals surface area contributed by atoms with Crippen LogP contribution in [-0.4, -0.2) is 42.4 Å². The van der Waals surface area contributed by atoms with Gasteiger partial charge in [0, 0.05) is 92.9 Å². The normalized spacial score (nSPS) is 12.1. The summed E-state index contributed by atoms with van der Waals surface area (Å²) >= 11 is 0. The van der Waals surface area contributed by atoms with E-state index in [1.54, 1.807) is 0 Å². The van der Waals surface area contributed by atoms with Crippen molar-refractivity contribution in [3.63, 3.8) is 0 Å². The Kier molecular flexibility index (Phi) is 12.0. The smallest absolute Gasteiger partial charge is 0.240 e. The minimum Gasteiger partial charge on any atom is -0.309 e. The molecule has 7 aromatic heterocycles.